The molecule has 1 saturated heterocycles. The van der Waals surface area contributed by atoms with E-state index in [0.29, 0.717) is 62.6 Å². The Morgan fingerprint density at radius 1 is 1.07 bits per heavy atom. The molecule has 0 bridgehead atoms. The lowest BCUT2D eigenvalue weighted by Gasteiger charge is -2.12. The van der Waals surface area contributed by atoms with Crippen LogP contribution < -0.4 is 16.6 Å². The Morgan fingerprint density at radius 2 is 1.82 bits per heavy atom. The van der Waals surface area contributed by atoms with Crippen molar-refractivity contribution < 1.29 is 14.3 Å². The molecule has 3 heterocycles. The third kappa shape index (κ3) is 3.85. The zero-order valence-corrected chi connectivity index (χ0v) is 17.3. The molecule has 3 rings (SSSR count). The number of nitrogens with zero attached hydrogens (tertiary/aromatic N) is 3. The lowest BCUT2D eigenvalue weighted by atomic mass is 10.2. The van der Waals surface area contributed by atoms with Crippen LogP contribution in [0.2, 0.25) is 0 Å². The SMILES string of the molecule is COCCCn1c(=O)c2c(C)c(CN3CCNC3=O)sc2n(CCOC)c1=O. The van der Waals surface area contributed by atoms with E-state index >= 15 is 0 Å². The van der Waals surface area contributed by atoms with Crippen molar-refractivity contribution >= 4 is 27.6 Å². The minimum absolute atomic E-state index is 0.106. The summed E-state index contributed by atoms with van der Waals surface area (Å²) in [4.78, 5) is 41.3. The first kappa shape index (κ1) is 20.6. The van der Waals surface area contributed by atoms with Crippen LogP contribution in [-0.4, -0.2) is 60.6 Å². The smallest absolute Gasteiger partial charge is 0.332 e. The predicted octanol–water partition coefficient (Wildman–Crippen LogP) is 0.741. The van der Waals surface area contributed by atoms with E-state index < -0.39 is 0 Å². The van der Waals surface area contributed by atoms with Crippen molar-refractivity contribution in [3.05, 3.63) is 31.3 Å². The molecule has 154 valence electrons. The van der Waals surface area contributed by atoms with Crippen LogP contribution in [0.5, 0.6) is 0 Å². The summed E-state index contributed by atoms with van der Waals surface area (Å²) in [5, 5.41) is 3.33. The number of carbonyl (C=O) groups is 1. The van der Waals surface area contributed by atoms with Gasteiger partial charge >= 0.3 is 11.7 Å². The number of thiophene rings is 1. The molecule has 2 aromatic rings. The van der Waals surface area contributed by atoms with Gasteiger partial charge in [0.15, 0.2) is 0 Å². The van der Waals surface area contributed by atoms with Crippen LogP contribution in [0.3, 0.4) is 0 Å². The Bertz CT molecular complexity index is 977. The molecule has 2 aromatic heterocycles. The quantitative estimate of drug-likeness (QED) is 0.616. The molecule has 0 atom stereocenters. The summed E-state index contributed by atoms with van der Waals surface area (Å²) in [5.74, 6) is 0. The summed E-state index contributed by atoms with van der Waals surface area (Å²) in [6.45, 7) is 5.06. The molecule has 1 aliphatic heterocycles. The molecule has 0 radical (unpaired) electrons. The zero-order chi connectivity index (χ0) is 20.3. The highest BCUT2D eigenvalue weighted by molar-refractivity contribution is 7.18. The number of rotatable bonds is 9. The summed E-state index contributed by atoms with van der Waals surface area (Å²) in [5.41, 5.74) is 0.212. The molecular weight excluding hydrogens is 384 g/mol. The Morgan fingerprint density at radius 3 is 2.46 bits per heavy atom. The average molecular weight is 410 g/mol. The van der Waals surface area contributed by atoms with Crippen LogP contribution in [0.1, 0.15) is 16.9 Å². The maximum Gasteiger partial charge on any atom is 0.332 e. The molecule has 1 N–H and O–H groups in total. The lowest BCUT2D eigenvalue weighted by molar-refractivity contribution is 0.184. The van der Waals surface area contributed by atoms with Gasteiger partial charge in [0.25, 0.3) is 5.56 Å². The largest absolute Gasteiger partial charge is 0.385 e. The van der Waals surface area contributed by atoms with Crippen molar-refractivity contribution in [3.63, 3.8) is 0 Å². The number of fused-ring (bicyclic) bond motifs is 1. The van der Waals surface area contributed by atoms with E-state index in [-0.39, 0.29) is 17.3 Å². The van der Waals surface area contributed by atoms with Gasteiger partial charge in [0.05, 0.1) is 25.1 Å². The average Bonchev–Trinajstić information content (AvgIpc) is 3.22. The first-order chi connectivity index (χ1) is 13.5. The number of hydrogen-bond donors (Lipinski definition) is 1. The fraction of sp³-hybridized carbons (Fsp3) is 0.611. The molecule has 1 aliphatic rings. The van der Waals surface area contributed by atoms with Gasteiger partial charge in [-0.15, -0.1) is 11.3 Å². The fourth-order valence-electron chi connectivity index (χ4n) is 3.37. The molecule has 28 heavy (non-hydrogen) atoms. The standard InChI is InChI=1S/C18H26N4O5S/c1-12-13(11-20-7-5-19-17(20)24)28-16-14(12)15(23)21(6-4-9-26-2)18(25)22(16)8-10-27-3/h4-11H2,1-3H3,(H,19,24). The molecule has 0 aromatic carbocycles. The molecule has 2 amide bonds. The van der Waals surface area contributed by atoms with E-state index in [9.17, 15) is 14.4 Å². The number of carbonyl (C=O) groups excluding carboxylic acids is 1. The number of aryl methyl sites for hydroxylation is 1. The van der Waals surface area contributed by atoms with Crippen LogP contribution in [-0.2, 0) is 29.1 Å². The van der Waals surface area contributed by atoms with Gasteiger partial charge < -0.3 is 19.7 Å². The highest BCUT2D eigenvalue weighted by Crippen LogP contribution is 2.29. The van der Waals surface area contributed by atoms with Crippen LogP contribution in [0.4, 0.5) is 4.79 Å². The molecule has 0 saturated carbocycles. The Balaban J connectivity index is 2.11. The first-order valence-electron chi connectivity index (χ1n) is 9.25. The Labute approximate surface area is 166 Å². The van der Waals surface area contributed by atoms with Gasteiger partial charge in [-0.3, -0.25) is 13.9 Å². The van der Waals surface area contributed by atoms with Gasteiger partial charge in [0.2, 0.25) is 0 Å². The van der Waals surface area contributed by atoms with E-state index in [0.717, 1.165) is 10.4 Å². The number of nitrogens with one attached hydrogen (secondary N) is 1. The van der Waals surface area contributed by atoms with Crippen LogP contribution >= 0.6 is 11.3 Å². The summed E-state index contributed by atoms with van der Waals surface area (Å²) >= 11 is 1.40. The number of methoxy groups -OCH3 is 2. The summed E-state index contributed by atoms with van der Waals surface area (Å²) in [7, 11) is 3.17. The van der Waals surface area contributed by atoms with Crippen molar-refractivity contribution in [2.45, 2.75) is 33.0 Å². The normalized spacial score (nSPS) is 14.2. The fourth-order valence-corrected chi connectivity index (χ4v) is 4.70. The highest BCUT2D eigenvalue weighted by atomic mass is 32.1. The highest BCUT2D eigenvalue weighted by Gasteiger charge is 2.24. The maximum atomic E-state index is 13.1. The number of hydrogen-bond acceptors (Lipinski definition) is 6. The van der Waals surface area contributed by atoms with E-state index in [1.165, 1.54) is 15.9 Å². The summed E-state index contributed by atoms with van der Waals surface area (Å²) in [6.07, 6.45) is 0.575. The second-order valence-corrected chi connectivity index (χ2v) is 7.80. The molecular formula is C18H26N4O5S. The lowest BCUT2D eigenvalue weighted by Crippen LogP contribution is -2.40. The second-order valence-electron chi connectivity index (χ2n) is 6.71. The van der Waals surface area contributed by atoms with E-state index in [1.54, 1.807) is 23.7 Å². The van der Waals surface area contributed by atoms with E-state index in [1.807, 2.05) is 6.92 Å². The van der Waals surface area contributed by atoms with Gasteiger partial charge in [-0.2, -0.15) is 0 Å². The second kappa shape index (κ2) is 8.89. The molecule has 1 fully saturated rings. The number of urea groups is 1. The minimum atomic E-state index is -0.336. The van der Waals surface area contributed by atoms with E-state index in [2.05, 4.69) is 5.32 Å². The number of ether oxygens (including phenoxy) is 2. The Kier molecular flexibility index (Phi) is 6.53. The van der Waals surface area contributed by atoms with E-state index in [4.69, 9.17) is 9.47 Å². The Hall–Kier alpha value is -2.17. The van der Waals surface area contributed by atoms with Gasteiger partial charge in [-0.05, 0) is 18.9 Å². The summed E-state index contributed by atoms with van der Waals surface area (Å²) < 4.78 is 13.1. The minimum Gasteiger partial charge on any atom is -0.385 e. The third-order valence-electron chi connectivity index (χ3n) is 4.92. The van der Waals surface area contributed by atoms with Crippen molar-refractivity contribution in [1.82, 2.24) is 19.4 Å². The van der Waals surface area contributed by atoms with Crippen LogP contribution in [0, 0.1) is 6.92 Å². The molecule has 0 spiro atoms. The van der Waals surface area contributed by atoms with Crippen molar-refractivity contribution in [3.8, 4) is 0 Å². The monoisotopic (exact) mass is 410 g/mol. The van der Waals surface area contributed by atoms with Crippen LogP contribution in [0.15, 0.2) is 9.59 Å². The predicted molar refractivity (Wildman–Crippen MR) is 107 cm³/mol. The number of aromatic nitrogens is 2. The van der Waals surface area contributed by atoms with Crippen molar-refractivity contribution in [2.24, 2.45) is 0 Å². The van der Waals surface area contributed by atoms with Crippen LogP contribution in [0.25, 0.3) is 10.2 Å². The molecule has 0 aliphatic carbocycles. The maximum absolute atomic E-state index is 13.1. The van der Waals surface area contributed by atoms with Gasteiger partial charge in [-0.1, -0.05) is 0 Å². The van der Waals surface area contributed by atoms with Gasteiger partial charge in [-0.25, -0.2) is 9.59 Å². The van der Waals surface area contributed by atoms with Gasteiger partial charge in [0.1, 0.15) is 4.83 Å². The van der Waals surface area contributed by atoms with Crippen molar-refractivity contribution in [1.29, 1.82) is 0 Å². The number of amides is 2. The zero-order valence-electron chi connectivity index (χ0n) is 16.4. The topological polar surface area (TPSA) is 94.8 Å². The molecule has 10 heteroatoms. The van der Waals surface area contributed by atoms with Gasteiger partial charge in [0, 0.05) is 45.3 Å². The first-order valence-corrected chi connectivity index (χ1v) is 10.1. The third-order valence-corrected chi connectivity index (χ3v) is 6.22. The molecule has 0 unspecified atom stereocenters. The molecule has 9 nitrogen and oxygen atoms in total. The van der Waals surface area contributed by atoms with Crippen molar-refractivity contribution in [2.75, 3.05) is 40.5 Å². The summed E-state index contributed by atoms with van der Waals surface area (Å²) in [6, 6.07) is -0.106.